The number of rotatable bonds is 7. The monoisotopic (exact) mass is 432 g/mol. The van der Waals surface area contributed by atoms with Gasteiger partial charge in [-0.15, -0.1) is 0 Å². The number of hydrogen-bond donors (Lipinski definition) is 1. The van der Waals surface area contributed by atoms with Crippen molar-refractivity contribution in [3.8, 4) is 5.75 Å². The van der Waals surface area contributed by atoms with Crippen LogP contribution in [0.1, 0.15) is 11.7 Å². The number of nitrogens with zero attached hydrogens (tertiary/aromatic N) is 1. The number of anilines is 1. The number of ether oxygens (including phenoxy) is 2. The lowest BCUT2D eigenvalue weighted by Gasteiger charge is -2.18. The van der Waals surface area contributed by atoms with E-state index in [0.717, 1.165) is 0 Å². The summed E-state index contributed by atoms with van der Waals surface area (Å²) in [4.78, 5) is 37.9. The fraction of sp³-hybridized carbons (Fsp3) is 0.125. The highest BCUT2D eigenvalue weighted by Crippen LogP contribution is 2.23. The van der Waals surface area contributed by atoms with Crippen molar-refractivity contribution in [3.63, 3.8) is 0 Å². The first-order valence-electron chi connectivity index (χ1n) is 9.83. The lowest BCUT2D eigenvalue weighted by molar-refractivity contribution is -0.155. The van der Waals surface area contributed by atoms with Crippen LogP contribution >= 0.6 is 0 Å². The third kappa shape index (κ3) is 4.54. The van der Waals surface area contributed by atoms with Crippen molar-refractivity contribution in [2.24, 2.45) is 0 Å². The molecule has 4 aromatic rings. The molecule has 0 saturated heterocycles. The van der Waals surface area contributed by atoms with Crippen LogP contribution in [-0.4, -0.2) is 23.6 Å². The smallest absolute Gasteiger partial charge is 0.420 e. The molecule has 3 aromatic carbocycles. The molecule has 1 N–H and O–H groups in total. The molecule has 1 aromatic heterocycles. The zero-order chi connectivity index (χ0) is 22.5. The van der Waals surface area contributed by atoms with Crippen LogP contribution in [0.5, 0.6) is 5.75 Å². The van der Waals surface area contributed by atoms with Gasteiger partial charge in [-0.05, 0) is 24.3 Å². The number of carbonyl (C=O) groups is 2. The van der Waals surface area contributed by atoms with Gasteiger partial charge < -0.3 is 19.2 Å². The summed E-state index contributed by atoms with van der Waals surface area (Å²) in [5.74, 6) is -1.40. The zero-order valence-corrected chi connectivity index (χ0v) is 17.2. The minimum atomic E-state index is -1.22. The second-order valence-electron chi connectivity index (χ2n) is 6.92. The van der Waals surface area contributed by atoms with Crippen molar-refractivity contribution in [1.82, 2.24) is 4.57 Å². The highest BCUT2D eigenvalue weighted by atomic mass is 16.5. The first-order chi connectivity index (χ1) is 15.5. The van der Waals surface area contributed by atoms with Gasteiger partial charge in [0.15, 0.2) is 5.58 Å². The summed E-state index contributed by atoms with van der Waals surface area (Å²) in [6.45, 7) is -0.397. The van der Waals surface area contributed by atoms with Crippen LogP contribution in [0.15, 0.2) is 88.1 Å². The molecule has 0 radical (unpaired) electrons. The Kier molecular flexibility index (Phi) is 6.03. The minimum Gasteiger partial charge on any atom is -0.497 e. The Labute approximate surface area is 183 Å². The molecule has 0 bridgehead atoms. The van der Waals surface area contributed by atoms with Gasteiger partial charge in [-0.2, -0.15) is 0 Å². The Morgan fingerprint density at radius 1 is 1.00 bits per heavy atom. The largest absolute Gasteiger partial charge is 0.497 e. The number of amides is 1. The topological polar surface area (TPSA) is 99.8 Å². The molecule has 1 amide bonds. The number of oxazole rings is 1. The number of hydrogen-bond acceptors (Lipinski definition) is 6. The molecule has 0 fully saturated rings. The Morgan fingerprint density at radius 2 is 1.75 bits per heavy atom. The van der Waals surface area contributed by atoms with Crippen LogP contribution in [0.4, 0.5) is 5.69 Å². The molecule has 1 unspecified atom stereocenters. The number of esters is 1. The first kappa shape index (κ1) is 20.9. The normalized spacial score (nSPS) is 11.7. The molecule has 8 nitrogen and oxygen atoms in total. The molecule has 4 rings (SSSR count). The second-order valence-corrected chi connectivity index (χ2v) is 6.92. The molecular weight excluding hydrogens is 412 g/mol. The standard InChI is InChI=1S/C24H20N2O6/c1-30-18-11-7-10-17(14-18)25-23(28)22(16-8-3-2-4-9-16)32-21(27)15-26-19-12-5-6-13-20(19)31-24(26)29/h2-14,22H,15H2,1H3,(H,25,28). The minimum absolute atomic E-state index is 0.362. The average molecular weight is 432 g/mol. The Balaban J connectivity index is 1.56. The van der Waals surface area contributed by atoms with Gasteiger partial charge in [-0.25, -0.2) is 4.79 Å². The predicted octanol–water partition coefficient (Wildman–Crippen LogP) is 3.53. The molecule has 162 valence electrons. The highest BCUT2D eigenvalue weighted by Gasteiger charge is 2.26. The van der Waals surface area contributed by atoms with E-state index in [9.17, 15) is 14.4 Å². The summed E-state index contributed by atoms with van der Waals surface area (Å²) < 4.78 is 17.0. The van der Waals surface area contributed by atoms with E-state index in [0.29, 0.717) is 28.1 Å². The second kappa shape index (κ2) is 9.22. The van der Waals surface area contributed by atoms with E-state index in [1.165, 1.54) is 11.7 Å². The van der Waals surface area contributed by atoms with Crippen molar-refractivity contribution in [2.75, 3.05) is 12.4 Å². The number of methoxy groups -OCH3 is 1. The van der Waals surface area contributed by atoms with Gasteiger partial charge in [0.1, 0.15) is 12.3 Å². The molecule has 0 spiro atoms. The van der Waals surface area contributed by atoms with Crippen molar-refractivity contribution in [2.45, 2.75) is 12.6 Å². The third-order valence-electron chi connectivity index (χ3n) is 4.79. The van der Waals surface area contributed by atoms with Crippen molar-refractivity contribution in [1.29, 1.82) is 0 Å². The van der Waals surface area contributed by atoms with E-state index < -0.39 is 30.3 Å². The summed E-state index contributed by atoms with van der Waals surface area (Å²) in [5, 5.41) is 2.74. The fourth-order valence-electron chi connectivity index (χ4n) is 3.27. The van der Waals surface area contributed by atoms with Crippen LogP contribution in [0.3, 0.4) is 0 Å². The van der Waals surface area contributed by atoms with Crippen LogP contribution < -0.4 is 15.8 Å². The van der Waals surface area contributed by atoms with Gasteiger partial charge >= 0.3 is 11.7 Å². The summed E-state index contributed by atoms with van der Waals surface area (Å²) in [7, 11) is 1.52. The lowest BCUT2D eigenvalue weighted by Crippen LogP contribution is -2.29. The van der Waals surface area contributed by atoms with E-state index in [4.69, 9.17) is 13.9 Å². The summed E-state index contributed by atoms with van der Waals surface area (Å²) in [6.07, 6.45) is -1.22. The maximum atomic E-state index is 13.0. The lowest BCUT2D eigenvalue weighted by atomic mass is 10.1. The van der Waals surface area contributed by atoms with Crippen molar-refractivity contribution >= 4 is 28.7 Å². The molecule has 1 atom stereocenters. The first-order valence-corrected chi connectivity index (χ1v) is 9.83. The molecule has 0 aliphatic carbocycles. The van der Waals surface area contributed by atoms with E-state index in [1.54, 1.807) is 78.9 Å². The number of aromatic nitrogens is 1. The number of carbonyl (C=O) groups excluding carboxylic acids is 2. The number of fused-ring (bicyclic) bond motifs is 1. The SMILES string of the molecule is COc1cccc(NC(=O)C(OC(=O)Cn2c(=O)oc3ccccc32)c2ccccc2)c1. The average Bonchev–Trinajstić information content (AvgIpc) is 3.13. The van der Waals surface area contributed by atoms with Crippen LogP contribution in [0, 0.1) is 0 Å². The number of para-hydroxylation sites is 2. The van der Waals surface area contributed by atoms with Gasteiger partial charge in [0, 0.05) is 17.3 Å². The molecule has 8 heteroatoms. The van der Waals surface area contributed by atoms with E-state index in [2.05, 4.69) is 5.32 Å². The van der Waals surface area contributed by atoms with Crippen LogP contribution in [0.2, 0.25) is 0 Å². The maximum absolute atomic E-state index is 13.0. The quantitative estimate of drug-likeness (QED) is 0.449. The Bertz CT molecular complexity index is 1310. The predicted molar refractivity (Wildman–Crippen MR) is 117 cm³/mol. The van der Waals surface area contributed by atoms with E-state index in [1.807, 2.05) is 0 Å². The van der Waals surface area contributed by atoms with Gasteiger partial charge in [-0.3, -0.25) is 14.2 Å². The fourth-order valence-corrected chi connectivity index (χ4v) is 3.27. The molecule has 1 heterocycles. The summed E-state index contributed by atoms with van der Waals surface area (Å²) in [6, 6.07) is 22.2. The van der Waals surface area contributed by atoms with Gasteiger partial charge in [-0.1, -0.05) is 48.5 Å². The summed E-state index contributed by atoms with van der Waals surface area (Å²) in [5.41, 5.74) is 1.81. The van der Waals surface area contributed by atoms with E-state index in [-0.39, 0.29) is 0 Å². The number of benzene rings is 3. The molecule has 0 saturated carbocycles. The Morgan fingerprint density at radius 3 is 2.53 bits per heavy atom. The maximum Gasteiger partial charge on any atom is 0.420 e. The Hall–Kier alpha value is -4.33. The van der Waals surface area contributed by atoms with Crippen LogP contribution in [0.25, 0.3) is 11.1 Å². The summed E-state index contributed by atoms with van der Waals surface area (Å²) >= 11 is 0. The molecule has 32 heavy (non-hydrogen) atoms. The third-order valence-corrected chi connectivity index (χ3v) is 4.79. The van der Waals surface area contributed by atoms with Gasteiger partial charge in [0.05, 0.1) is 12.6 Å². The highest BCUT2D eigenvalue weighted by molar-refractivity contribution is 5.96. The van der Waals surface area contributed by atoms with Crippen molar-refractivity contribution in [3.05, 3.63) is 95.0 Å². The molecular formula is C24H20N2O6. The van der Waals surface area contributed by atoms with Crippen molar-refractivity contribution < 1.29 is 23.5 Å². The van der Waals surface area contributed by atoms with Gasteiger partial charge in [0.2, 0.25) is 6.10 Å². The van der Waals surface area contributed by atoms with Gasteiger partial charge in [0.25, 0.3) is 5.91 Å². The zero-order valence-electron chi connectivity index (χ0n) is 17.2. The van der Waals surface area contributed by atoms with Crippen LogP contribution in [-0.2, 0) is 20.9 Å². The molecule has 0 aliphatic rings. The number of nitrogens with one attached hydrogen (secondary N) is 1. The molecule has 0 aliphatic heterocycles. The van der Waals surface area contributed by atoms with E-state index >= 15 is 0 Å².